The van der Waals surface area contributed by atoms with Gasteiger partial charge in [0.2, 0.25) is 0 Å². The zero-order chi connectivity index (χ0) is 22.0. The molecule has 1 aliphatic heterocycles. The predicted molar refractivity (Wildman–Crippen MR) is 114 cm³/mol. The van der Waals surface area contributed by atoms with Crippen molar-refractivity contribution in [3.05, 3.63) is 45.5 Å². The maximum Gasteiger partial charge on any atom is 0.331 e. The lowest BCUT2D eigenvalue weighted by Crippen LogP contribution is -2.39. The number of rotatable bonds is 5. The number of aliphatic carboxylic acids is 2. The molecule has 1 heterocycles. The Balaban J connectivity index is 0.000000291. The largest absolute Gasteiger partial charge is 0.480 e. The number of non-ortho nitro benzene ring substituents is 1. The summed E-state index contributed by atoms with van der Waals surface area (Å²) in [6.45, 7) is 5.96. The Labute approximate surface area is 177 Å². The lowest BCUT2D eigenvalue weighted by Gasteiger charge is -2.29. The summed E-state index contributed by atoms with van der Waals surface area (Å²) in [6.07, 6.45) is 1.45. The average molecular weight is 443 g/mol. The number of carboxylic acids is 2. The van der Waals surface area contributed by atoms with Crippen molar-refractivity contribution < 1.29 is 29.5 Å². The van der Waals surface area contributed by atoms with Gasteiger partial charge >= 0.3 is 11.9 Å². The molecular weight excluding hydrogens is 420 g/mol. The second-order valence-electron chi connectivity index (χ2n) is 5.94. The summed E-state index contributed by atoms with van der Waals surface area (Å²) < 4.78 is 5.83. The van der Waals surface area contributed by atoms with E-state index in [2.05, 4.69) is 0 Å². The molecule has 0 amide bonds. The van der Waals surface area contributed by atoms with Gasteiger partial charge in [-0.3, -0.25) is 14.9 Å². The van der Waals surface area contributed by atoms with Gasteiger partial charge in [0.15, 0.2) is 0 Å². The fraction of sp³-hybridized carbons (Fsp3) is 0.389. The number of nitro benzene ring substituents is 1. The van der Waals surface area contributed by atoms with Crippen molar-refractivity contribution in [2.45, 2.75) is 19.1 Å². The number of thiocarbonyl (C=S) groups is 1. The molecule has 0 aromatic heterocycles. The molecule has 0 saturated carbocycles. The Kier molecular flexibility index (Phi) is 10.3. The molecule has 1 aliphatic rings. The number of morpholine rings is 1. The molecule has 1 aromatic carbocycles. The minimum absolute atomic E-state index is 0.0138. The van der Waals surface area contributed by atoms with Crippen LogP contribution in [0.3, 0.4) is 0 Å². The zero-order valence-corrected chi connectivity index (χ0v) is 17.6. The van der Waals surface area contributed by atoms with E-state index in [0.717, 1.165) is 13.1 Å². The minimum Gasteiger partial charge on any atom is -0.480 e. The van der Waals surface area contributed by atoms with Crippen LogP contribution in [0.25, 0.3) is 6.08 Å². The van der Waals surface area contributed by atoms with Crippen LogP contribution in [0.2, 0.25) is 0 Å². The van der Waals surface area contributed by atoms with Crippen molar-refractivity contribution in [3.8, 4) is 0 Å². The van der Waals surface area contributed by atoms with Gasteiger partial charge in [0.25, 0.3) is 5.69 Å². The molecule has 0 bridgehead atoms. The molecule has 29 heavy (non-hydrogen) atoms. The summed E-state index contributed by atoms with van der Waals surface area (Å²) >= 11 is 6.36. The Morgan fingerprint density at radius 3 is 2.28 bits per heavy atom. The van der Waals surface area contributed by atoms with Crippen LogP contribution in [0.5, 0.6) is 0 Å². The third kappa shape index (κ3) is 9.03. The molecule has 158 valence electrons. The molecular formula is C18H22N2O7S2. The van der Waals surface area contributed by atoms with E-state index in [4.69, 9.17) is 27.2 Å². The van der Waals surface area contributed by atoms with Crippen molar-refractivity contribution >= 4 is 52.0 Å². The van der Waals surface area contributed by atoms with Gasteiger partial charge in [-0.05, 0) is 37.6 Å². The van der Waals surface area contributed by atoms with E-state index in [-0.39, 0.29) is 11.3 Å². The lowest BCUT2D eigenvalue weighted by molar-refractivity contribution is -0.384. The van der Waals surface area contributed by atoms with E-state index in [0.29, 0.717) is 23.1 Å². The van der Waals surface area contributed by atoms with Crippen LogP contribution >= 0.6 is 24.0 Å². The number of benzene rings is 1. The number of nitrogens with zero attached hydrogens (tertiary/aromatic N) is 2. The maximum absolute atomic E-state index is 10.6. The van der Waals surface area contributed by atoms with Crippen molar-refractivity contribution in [2.24, 2.45) is 0 Å². The molecule has 1 atom stereocenters. The minimum atomic E-state index is -1.01. The fourth-order valence-corrected chi connectivity index (χ4v) is 3.38. The van der Waals surface area contributed by atoms with Gasteiger partial charge in [-0.25, -0.2) is 4.79 Å². The van der Waals surface area contributed by atoms with Crippen LogP contribution in [-0.2, 0) is 14.3 Å². The Morgan fingerprint density at radius 2 is 1.83 bits per heavy atom. The van der Waals surface area contributed by atoms with Gasteiger partial charge in [0, 0.05) is 30.8 Å². The van der Waals surface area contributed by atoms with Gasteiger partial charge in [0.1, 0.15) is 9.57 Å². The molecule has 0 radical (unpaired) electrons. The van der Waals surface area contributed by atoms with Crippen molar-refractivity contribution in [2.75, 3.05) is 26.3 Å². The first kappa shape index (κ1) is 24.5. The van der Waals surface area contributed by atoms with Gasteiger partial charge in [-0.2, -0.15) is 0 Å². The molecule has 9 nitrogen and oxygen atoms in total. The lowest BCUT2D eigenvalue weighted by atomic mass is 10.1. The predicted octanol–water partition coefficient (Wildman–Crippen LogP) is 2.89. The fourth-order valence-electron chi connectivity index (χ4n) is 2.03. The summed E-state index contributed by atoms with van der Waals surface area (Å²) in [6, 6.07) is 5.68. The standard InChI is InChI=1S/C10H9NO4.C8H13NO3S2/c1-7(10(12)13)6-8-2-4-9(5-3-8)11(14)15;1-6(7(10)11)14-8(13)9-2-4-12-5-3-9/h2-6H,1H3,(H,12,13);6H,2-5H2,1H3,(H,10,11)/b7-6+;. The number of hydrogen-bond acceptors (Lipinski definition) is 7. The Hall–Kier alpha value is -2.50. The van der Waals surface area contributed by atoms with Gasteiger partial charge in [-0.1, -0.05) is 24.0 Å². The maximum atomic E-state index is 10.6. The first-order chi connectivity index (χ1) is 13.6. The summed E-state index contributed by atoms with van der Waals surface area (Å²) in [5.41, 5.74) is 0.796. The molecule has 0 aliphatic carbocycles. The van der Waals surface area contributed by atoms with Crippen molar-refractivity contribution in [1.82, 2.24) is 4.90 Å². The second kappa shape index (κ2) is 12.1. The topological polar surface area (TPSA) is 130 Å². The van der Waals surface area contributed by atoms with Crippen LogP contribution in [-0.4, -0.2) is 67.8 Å². The monoisotopic (exact) mass is 442 g/mol. The number of ether oxygens (including phenoxy) is 1. The number of hydrogen-bond donors (Lipinski definition) is 2. The van der Waals surface area contributed by atoms with E-state index in [1.165, 1.54) is 49.0 Å². The van der Waals surface area contributed by atoms with Crippen molar-refractivity contribution in [3.63, 3.8) is 0 Å². The third-order valence-corrected chi connectivity index (χ3v) is 5.28. The third-order valence-electron chi connectivity index (χ3n) is 3.72. The number of carbonyl (C=O) groups is 2. The molecule has 2 N–H and O–H groups in total. The highest BCUT2D eigenvalue weighted by molar-refractivity contribution is 8.23. The quantitative estimate of drug-likeness (QED) is 0.304. The molecule has 0 spiro atoms. The number of thioether (sulfide) groups is 1. The van der Waals surface area contributed by atoms with E-state index in [1.54, 1.807) is 6.92 Å². The molecule has 1 fully saturated rings. The van der Waals surface area contributed by atoms with Crippen LogP contribution in [0.4, 0.5) is 5.69 Å². The SMILES string of the molecule is C/C(=C\c1ccc([N+](=O)[O-])cc1)C(=O)O.CC(SC(=S)N1CCOCC1)C(=O)O. The average Bonchev–Trinajstić information content (AvgIpc) is 2.69. The molecule has 1 saturated heterocycles. The van der Waals surface area contributed by atoms with Crippen molar-refractivity contribution in [1.29, 1.82) is 0 Å². The van der Waals surface area contributed by atoms with E-state index in [9.17, 15) is 19.7 Å². The number of nitro groups is 1. The van der Waals surface area contributed by atoms with Gasteiger partial charge in [0.05, 0.1) is 18.1 Å². The highest BCUT2D eigenvalue weighted by atomic mass is 32.2. The normalized spacial score (nSPS) is 15.0. The van der Waals surface area contributed by atoms with Gasteiger partial charge < -0.3 is 19.8 Å². The molecule has 1 unspecified atom stereocenters. The molecule has 11 heteroatoms. The number of carboxylic acid groups (broad SMARTS) is 2. The highest BCUT2D eigenvalue weighted by Gasteiger charge is 2.19. The Bertz CT molecular complexity index is 775. The highest BCUT2D eigenvalue weighted by Crippen LogP contribution is 2.17. The van der Waals surface area contributed by atoms with Crippen LogP contribution < -0.4 is 0 Å². The van der Waals surface area contributed by atoms with Gasteiger partial charge in [-0.15, -0.1) is 0 Å². The molecule has 1 aromatic rings. The van der Waals surface area contributed by atoms with E-state index >= 15 is 0 Å². The molecule has 2 rings (SSSR count). The summed E-state index contributed by atoms with van der Waals surface area (Å²) in [5.74, 6) is -1.83. The smallest absolute Gasteiger partial charge is 0.331 e. The van der Waals surface area contributed by atoms with Crippen LogP contribution in [0, 0.1) is 10.1 Å². The summed E-state index contributed by atoms with van der Waals surface area (Å²) in [7, 11) is 0. The zero-order valence-electron chi connectivity index (χ0n) is 15.9. The van der Waals surface area contributed by atoms with Crippen LogP contribution in [0.15, 0.2) is 29.8 Å². The second-order valence-corrected chi connectivity index (χ2v) is 7.92. The summed E-state index contributed by atoms with van der Waals surface area (Å²) in [5, 5.41) is 27.2. The van der Waals surface area contributed by atoms with E-state index in [1.807, 2.05) is 4.90 Å². The first-order valence-corrected chi connectivity index (χ1v) is 9.82. The Morgan fingerprint density at radius 1 is 1.28 bits per heavy atom. The van der Waals surface area contributed by atoms with Crippen LogP contribution in [0.1, 0.15) is 19.4 Å². The van der Waals surface area contributed by atoms with E-state index < -0.39 is 22.1 Å². The summed E-state index contributed by atoms with van der Waals surface area (Å²) in [4.78, 5) is 32.9. The first-order valence-electron chi connectivity index (χ1n) is 8.54.